The van der Waals surface area contributed by atoms with Crippen molar-refractivity contribution in [2.24, 2.45) is 5.92 Å². The summed E-state index contributed by atoms with van der Waals surface area (Å²) in [6.07, 6.45) is 3.61. The lowest BCUT2D eigenvalue weighted by molar-refractivity contribution is -0.132. The number of carbonyl (C=O) groups excluding carboxylic acids is 1. The molecule has 1 fully saturated rings. The largest absolute Gasteiger partial charge is 0.494 e. The lowest BCUT2D eigenvalue weighted by Gasteiger charge is -2.32. The molecule has 1 aliphatic heterocycles. The average Bonchev–Trinajstić information content (AvgIpc) is 2.60. The number of ether oxygens (including phenoxy) is 1. The Bertz CT molecular complexity index is 522. The van der Waals surface area contributed by atoms with E-state index >= 15 is 0 Å². The third-order valence-corrected chi connectivity index (χ3v) is 4.93. The van der Waals surface area contributed by atoms with Crippen LogP contribution in [0.1, 0.15) is 43.7 Å². The molecule has 0 spiro atoms. The Morgan fingerprint density at radius 3 is 2.67 bits per heavy atom. The molecular weight excluding hydrogens is 300 g/mol. The van der Waals surface area contributed by atoms with E-state index in [1.807, 2.05) is 11.0 Å². The molecule has 24 heavy (non-hydrogen) atoms. The van der Waals surface area contributed by atoms with Gasteiger partial charge in [0.25, 0.3) is 0 Å². The summed E-state index contributed by atoms with van der Waals surface area (Å²) in [7, 11) is 0. The highest BCUT2D eigenvalue weighted by molar-refractivity contribution is 5.76. The van der Waals surface area contributed by atoms with E-state index in [0.29, 0.717) is 13.0 Å². The predicted molar refractivity (Wildman–Crippen MR) is 98.5 cm³/mol. The standard InChI is InChI=1S/C20H32N2O2/c1-4-21-15-18-9-11-22(12-10-18)20(23)6-5-13-24-19-8-7-16(2)17(3)14-19/h7-8,14,18,21H,4-6,9-13,15H2,1-3H3. The van der Waals surface area contributed by atoms with E-state index in [9.17, 15) is 4.79 Å². The molecule has 4 heteroatoms. The second-order valence-electron chi connectivity index (χ2n) is 6.83. The van der Waals surface area contributed by atoms with Gasteiger partial charge in [-0.05, 0) is 75.4 Å². The quantitative estimate of drug-likeness (QED) is 0.743. The van der Waals surface area contributed by atoms with Crippen LogP contribution in [-0.4, -0.2) is 43.6 Å². The van der Waals surface area contributed by atoms with Gasteiger partial charge in [0.2, 0.25) is 5.91 Å². The Morgan fingerprint density at radius 2 is 2.00 bits per heavy atom. The number of piperidine rings is 1. The van der Waals surface area contributed by atoms with E-state index in [2.05, 4.69) is 38.2 Å². The van der Waals surface area contributed by atoms with Crippen LogP contribution in [0.4, 0.5) is 0 Å². The highest BCUT2D eigenvalue weighted by atomic mass is 16.5. The second kappa shape index (κ2) is 9.67. The number of likely N-dealkylation sites (tertiary alicyclic amines) is 1. The van der Waals surface area contributed by atoms with Crippen LogP contribution >= 0.6 is 0 Å². The summed E-state index contributed by atoms with van der Waals surface area (Å²) < 4.78 is 5.76. The molecular formula is C20H32N2O2. The fourth-order valence-corrected chi connectivity index (χ4v) is 3.11. The Kier molecular flexibility index (Phi) is 7.57. The molecule has 1 aromatic carbocycles. The summed E-state index contributed by atoms with van der Waals surface area (Å²) in [5.74, 6) is 1.90. The van der Waals surface area contributed by atoms with E-state index in [-0.39, 0.29) is 5.91 Å². The molecule has 0 saturated carbocycles. The second-order valence-corrected chi connectivity index (χ2v) is 6.83. The number of rotatable bonds is 8. The Hall–Kier alpha value is -1.55. The van der Waals surface area contributed by atoms with Crippen molar-refractivity contribution in [2.45, 2.75) is 46.5 Å². The Morgan fingerprint density at radius 1 is 1.25 bits per heavy atom. The minimum Gasteiger partial charge on any atom is -0.494 e. The van der Waals surface area contributed by atoms with Gasteiger partial charge in [0.05, 0.1) is 6.61 Å². The number of hydrogen-bond acceptors (Lipinski definition) is 3. The van der Waals surface area contributed by atoms with Crippen molar-refractivity contribution in [3.8, 4) is 5.75 Å². The fourth-order valence-electron chi connectivity index (χ4n) is 3.11. The van der Waals surface area contributed by atoms with Gasteiger partial charge < -0.3 is 15.0 Å². The molecule has 0 aliphatic carbocycles. The number of nitrogens with one attached hydrogen (secondary N) is 1. The van der Waals surface area contributed by atoms with Gasteiger partial charge in [-0.3, -0.25) is 4.79 Å². The molecule has 0 aromatic heterocycles. The summed E-state index contributed by atoms with van der Waals surface area (Å²) in [4.78, 5) is 14.3. The van der Waals surface area contributed by atoms with Crippen molar-refractivity contribution in [1.29, 1.82) is 0 Å². The summed E-state index contributed by atoms with van der Waals surface area (Å²) in [6.45, 7) is 10.9. The van der Waals surface area contributed by atoms with Gasteiger partial charge in [0, 0.05) is 19.5 Å². The molecule has 0 bridgehead atoms. The lowest BCUT2D eigenvalue weighted by Crippen LogP contribution is -2.40. The molecule has 1 aromatic rings. The number of amides is 1. The summed E-state index contributed by atoms with van der Waals surface area (Å²) in [5, 5.41) is 3.41. The third-order valence-electron chi connectivity index (χ3n) is 4.93. The molecule has 1 amide bonds. The zero-order chi connectivity index (χ0) is 17.4. The van der Waals surface area contributed by atoms with Gasteiger partial charge >= 0.3 is 0 Å². The normalized spacial score (nSPS) is 15.5. The molecule has 4 nitrogen and oxygen atoms in total. The van der Waals surface area contributed by atoms with Crippen LogP contribution in [0.15, 0.2) is 18.2 Å². The van der Waals surface area contributed by atoms with Crippen molar-refractivity contribution in [1.82, 2.24) is 10.2 Å². The highest BCUT2D eigenvalue weighted by Gasteiger charge is 2.21. The van der Waals surface area contributed by atoms with Crippen LogP contribution in [0, 0.1) is 19.8 Å². The van der Waals surface area contributed by atoms with E-state index in [1.54, 1.807) is 0 Å². The highest BCUT2D eigenvalue weighted by Crippen LogP contribution is 2.18. The zero-order valence-corrected chi connectivity index (χ0v) is 15.4. The first-order valence-corrected chi connectivity index (χ1v) is 9.28. The van der Waals surface area contributed by atoms with Crippen molar-refractivity contribution in [3.63, 3.8) is 0 Å². The molecule has 0 unspecified atom stereocenters. The van der Waals surface area contributed by atoms with Gasteiger partial charge in [-0.1, -0.05) is 13.0 Å². The molecule has 2 rings (SSSR count). The van der Waals surface area contributed by atoms with Crippen molar-refractivity contribution in [2.75, 3.05) is 32.8 Å². The Labute approximate surface area is 146 Å². The number of nitrogens with zero attached hydrogens (tertiary/aromatic N) is 1. The topological polar surface area (TPSA) is 41.6 Å². The molecule has 1 saturated heterocycles. The van der Waals surface area contributed by atoms with Gasteiger partial charge in [-0.25, -0.2) is 0 Å². The van der Waals surface area contributed by atoms with E-state index in [4.69, 9.17) is 4.74 Å². The minimum atomic E-state index is 0.278. The molecule has 1 N–H and O–H groups in total. The number of carbonyl (C=O) groups is 1. The van der Waals surface area contributed by atoms with Crippen LogP contribution < -0.4 is 10.1 Å². The number of benzene rings is 1. The van der Waals surface area contributed by atoms with Gasteiger partial charge in [-0.15, -0.1) is 0 Å². The number of aryl methyl sites for hydroxylation is 2. The maximum Gasteiger partial charge on any atom is 0.222 e. The first-order valence-electron chi connectivity index (χ1n) is 9.28. The fraction of sp³-hybridized carbons (Fsp3) is 0.650. The van der Waals surface area contributed by atoms with Crippen LogP contribution in [0.3, 0.4) is 0 Å². The molecule has 0 atom stereocenters. The average molecular weight is 332 g/mol. The monoisotopic (exact) mass is 332 g/mol. The van der Waals surface area contributed by atoms with Crippen molar-refractivity contribution >= 4 is 5.91 Å². The SMILES string of the molecule is CCNCC1CCN(C(=O)CCCOc2ccc(C)c(C)c2)CC1. The Balaban J connectivity index is 1.62. The maximum atomic E-state index is 12.3. The first-order chi connectivity index (χ1) is 11.6. The minimum absolute atomic E-state index is 0.278. The van der Waals surface area contributed by atoms with Crippen LogP contribution in [0.5, 0.6) is 5.75 Å². The van der Waals surface area contributed by atoms with Crippen LogP contribution in [0.2, 0.25) is 0 Å². The van der Waals surface area contributed by atoms with Crippen LogP contribution in [0.25, 0.3) is 0 Å². The van der Waals surface area contributed by atoms with E-state index in [1.165, 1.54) is 11.1 Å². The smallest absolute Gasteiger partial charge is 0.222 e. The zero-order valence-electron chi connectivity index (χ0n) is 15.4. The van der Waals surface area contributed by atoms with E-state index < -0.39 is 0 Å². The maximum absolute atomic E-state index is 12.3. The summed E-state index contributed by atoms with van der Waals surface area (Å²) >= 11 is 0. The lowest BCUT2D eigenvalue weighted by atomic mass is 9.96. The third kappa shape index (κ3) is 5.82. The molecule has 1 aliphatic rings. The molecule has 1 heterocycles. The summed E-state index contributed by atoms with van der Waals surface area (Å²) in [6, 6.07) is 6.14. The van der Waals surface area contributed by atoms with Crippen molar-refractivity contribution < 1.29 is 9.53 Å². The van der Waals surface area contributed by atoms with Crippen LogP contribution in [-0.2, 0) is 4.79 Å². The van der Waals surface area contributed by atoms with E-state index in [0.717, 1.165) is 57.1 Å². The van der Waals surface area contributed by atoms with Crippen molar-refractivity contribution in [3.05, 3.63) is 29.3 Å². The summed E-state index contributed by atoms with van der Waals surface area (Å²) in [5.41, 5.74) is 2.51. The van der Waals surface area contributed by atoms with Gasteiger partial charge in [0.1, 0.15) is 5.75 Å². The number of hydrogen-bond donors (Lipinski definition) is 1. The molecule has 0 radical (unpaired) electrons. The van der Waals surface area contributed by atoms with Gasteiger partial charge in [0.15, 0.2) is 0 Å². The van der Waals surface area contributed by atoms with Gasteiger partial charge in [-0.2, -0.15) is 0 Å². The molecule has 134 valence electrons. The first kappa shape index (κ1) is 18.8. The predicted octanol–water partition coefficient (Wildman–Crippen LogP) is 3.31.